The van der Waals surface area contributed by atoms with Gasteiger partial charge in [-0.15, -0.1) is 0 Å². The molecule has 132 valence electrons. The first-order valence-electron chi connectivity index (χ1n) is 8.96. The van der Waals surface area contributed by atoms with Crippen molar-refractivity contribution in [2.24, 2.45) is 0 Å². The fourth-order valence-corrected chi connectivity index (χ4v) is 4.05. The van der Waals surface area contributed by atoms with Gasteiger partial charge in [-0.3, -0.25) is 14.7 Å². The zero-order chi connectivity index (χ0) is 17.2. The molecule has 0 saturated carbocycles. The van der Waals surface area contributed by atoms with Crippen molar-refractivity contribution in [3.8, 4) is 0 Å². The van der Waals surface area contributed by atoms with E-state index in [0.29, 0.717) is 11.3 Å². The molecule has 25 heavy (non-hydrogen) atoms. The number of hydrogen-bond acceptors (Lipinski definition) is 5. The number of pyridine rings is 1. The molecule has 0 radical (unpaired) electrons. The van der Waals surface area contributed by atoms with Gasteiger partial charge < -0.3 is 9.88 Å². The van der Waals surface area contributed by atoms with E-state index in [0.717, 1.165) is 49.7 Å². The highest BCUT2D eigenvalue weighted by molar-refractivity contribution is 7.71. The smallest absolute Gasteiger partial charge is 0.256 e. The van der Waals surface area contributed by atoms with E-state index in [1.165, 1.54) is 24.8 Å². The maximum absolute atomic E-state index is 12.2. The minimum Gasteiger partial charge on any atom is -0.356 e. The van der Waals surface area contributed by atoms with Crippen molar-refractivity contribution in [3.63, 3.8) is 0 Å². The van der Waals surface area contributed by atoms with Gasteiger partial charge in [0.1, 0.15) is 5.82 Å². The summed E-state index contributed by atoms with van der Waals surface area (Å²) in [7, 11) is 0. The third-order valence-electron chi connectivity index (χ3n) is 5.11. The molecule has 0 aromatic carbocycles. The molecule has 0 spiro atoms. The van der Waals surface area contributed by atoms with Crippen LogP contribution in [0, 0.1) is 4.77 Å². The summed E-state index contributed by atoms with van der Waals surface area (Å²) in [6.45, 7) is 4.54. The Bertz CT molecular complexity index is 868. The Balaban J connectivity index is 1.55. The van der Waals surface area contributed by atoms with Gasteiger partial charge in [0.15, 0.2) is 4.77 Å². The Morgan fingerprint density at radius 3 is 2.84 bits per heavy atom. The van der Waals surface area contributed by atoms with Gasteiger partial charge in [0.25, 0.3) is 5.56 Å². The number of H-pyrrole nitrogens is 2. The summed E-state index contributed by atoms with van der Waals surface area (Å²) in [4.78, 5) is 27.4. The van der Waals surface area contributed by atoms with Crippen molar-refractivity contribution in [2.45, 2.75) is 38.8 Å². The first-order chi connectivity index (χ1) is 12.2. The van der Waals surface area contributed by atoms with E-state index in [-0.39, 0.29) is 5.56 Å². The number of aromatic amines is 2. The van der Waals surface area contributed by atoms with Crippen molar-refractivity contribution in [1.82, 2.24) is 19.9 Å². The molecule has 7 heteroatoms. The molecule has 0 amide bonds. The molecule has 2 aromatic heterocycles. The van der Waals surface area contributed by atoms with Crippen LogP contribution < -0.4 is 10.5 Å². The van der Waals surface area contributed by atoms with E-state index < -0.39 is 0 Å². The van der Waals surface area contributed by atoms with Crippen molar-refractivity contribution >= 4 is 18.0 Å². The molecule has 6 nitrogen and oxygen atoms in total. The molecule has 0 unspecified atom stereocenters. The molecule has 2 aliphatic heterocycles. The number of nitrogens with one attached hydrogen (secondary N) is 2. The minimum absolute atomic E-state index is 0.0640. The maximum Gasteiger partial charge on any atom is 0.256 e. The van der Waals surface area contributed by atoms with Gasteiger partial charge in [-0.25, -0.2) is 4.98 Å². The second-order valence-corrected chi connectivity index (χ2v) is 7.27. The standard InChI is InChI=1S/C18H23N5OS/c24-17-14-12-22(10-6-15(14)20-18(25)21-17)11-13-5-4-7-19-16(13)23-8-2-1-3-9-23/h4-5,7H,1-3,6,8-12H2,(H2,20,21,24,25). The maximum atomic E-state index is 12.2. The third-order valence-corrected chi connectivity index (χ3v) is 5.31. The summed E-state index contributed by atoms with van der Waals surface area (Å²) in [5, 5.41) is 0. The summed E-state index contributed by atoms with van der Waals surface area (Å²) >= 11 is 5.07. The van der Waals surface area contributed by atoms with Crippen LogP contribution in [0.1, 0.15) is 36.1 Å². The molecular weight excluding hydrogens is 334 g/mol. The second kappa shape index (κ2) is 7.09. The average Bonchev–Trinajstić information content (AvgIpc) is 2.63. The zero-order valence-corrected chi connectivity index (χ0v) is 15.1. The van der Waals surface area contributed by atoms with E-state index >= 15 is 0 Å². The fourth-order valence-electron chi connectivity index (χ4n) is 3.83. The molecule has 1 fully saturated rings. The lowest BCUT2D eigenvalue weighted by Gasteiger charge is -2.32. The Labute approximate surface area is 151 Å². The molecule has 2 aromatic rings. The largest absolute Gasteiger partial charge is 0.356 e. The lowest BCUT2D eigenvalue weighted by Crippen LogP contribution is -2.36. The van der Waals surface area contributed by atoms with Crippen LogP contribution in [-0.2, 0) is 19.5 Å². The summed E-state index contributed by atoms with van der Waals surface area (Å²) in [6, 6.07) is 4.17. The third kappa shape index (κ3) is 3.52. The second-order valence-electron chi connectivity index (χ2n) is 6.86. The Hall–Kier alpha value is -1.99. The summed E-state index contributed by atoms with van der Waals surface area (Å²) in [5.41, 5.74) is 2.97. The van der Waals surface area contributed by atoms with E-state index in [9.17, 15) is 4.79 Å². The highest BCUT2D eigenvalue weighted by atomic mass is 32.1. The Morgan fingerprint density at radius 1 is 1.16 bits per heavy atom. The van der Waals surface area contributed by atoms with Gasteiger partial charge in [0.05, 0.1) is 5.56 Å². The van der Waals surface area contributed by atoms with Crippen LogP contribution in [0.15, 0.2) is 23.1 Å². The number of nitrogens with zero attached hydrogens (tertiary/aromatic N) is 3. The zero-order valence-electron chi connectivity index (χ0n) is 14.3. The van der Waals surface area contributed by atoms with Crippen molar-refractivity contribution < 1.29 is 0 Å². The predicted molar refractivity (Wildman–Crippen MR) is 100 cm³/mol. The van der Waals surface area contributed by atoms with E-state index in [1.807, 2.05) is 12.3 Å². The Kier molecular flexibility index (Phi) is 4.67. The lowest BCUT2D eigenvalue weighted by atomic mass is 10.1. The number of fused-ring (bicyclic) bond motifs is 1. The molecule has 4 rings (SSSR count). The fraction of sp³-hybridized carbons (Fsp3) is 0.500. The average molecular weight is 357 g/mol. The summed E-state index contributed by atoms with van der Waals surface area (Å²) < 4.78 is 0.414. The van der Waals surface area contributed by atoms with Gasteiger partial charge in [-0.05, 0) is 37.5 Å². The normalized spacial score (nSPS) is 18.2. The van der Waals surface area contributed by atoms with Crippen LogP contribution in [0.4, 0.5) is 5.82 Å². The number of hydrogen-bond donors (Lipinski definition) is 2. The molecule has 1 saturated heterocycles. The first-order valence-corrected chi connectivity index (χ1v) is 9.37. The molecular formula is C18H23N5OS. The monoisotopic (exact) mass is 357 g/mol. The van der Waals surface area contributed by atoms with Gasteiger partial charge in [0, 0.05) is 56.6 Å². The van der Waals surface area contributed by atoms with Crippen LogP contribution >= 0.6 is 12.2 Å². The first kappa shape index (κ1) is 16.5. The SMILES string of the molecule is O=c1[nH]c(=S)[nH]c2c1CN(Cc1cccnc1N1CCCCC1)CC2. The van der Waals surface area contributed by atoms with E-state index in [4.69, 9.17) is 12.2 Å². The topological polar surface area (TPSA) is 68.0 Å². The highest BCUT2D eigenvalue weighted by Crippen LogP contribution is 2.24. The molecule has 2 N–H and O–H groups in total. The lowest BCUT2D eigenvalue weighted by molar-refractivity contribution is 0.241. The molecule has 0 atom stereocenters. The number of aromatic nitrogens is 3. The Morgan fingerprint density at radius 2 is 2.00 bits per heavy atom. The van der Waals surface area contributed by atoms with Gasteiger partial charge in [-0.2, -0.15) is 0 Å². The highest BCUT2D eigenvalue weighted by Gasteiger charge is 2.22. The summed E-state index contributed by atoms with van der Waals surface area (Å²) in [5.74, 6) is 1.11. The van der Waals surface area contributed by atoms with E-state index in [1.54, 1.807) is 0 Å². The quantitative estimate of drug-likeness (QED) is 0.826. The number of anilines is 1. The number of piperidine rings is 1. The van der Waals surface area contributed by atoms with Crippen molar-refractivity contribution in [3.05, 3.63) is 50.3 Å². The van der Waals surface area contributed by atoms with Gasteiger partial charge >= 0.3 is 0 Å². The molecule has 2 aliphatic rings. The van der Waals surface area contributed by atoms with Crippen LogP contribution in [0.25, 0.3) is 0 Å². The van der Waals surface area contributed by atoms with Crippen LogP contribution in [0.3, 0.4) is 0 Å². The van der Waals surface area contributed by atoms with Crippen LogP contribution in [-0.4, -0.2) is 39.5 Å². The molecule has 4 heterocycles. The minimum atomic E-state index is -0.0640. The molecule has 0 aliphatic carbocycles. The number of rotatable bonds is 3. The van der Waals surface area contributed by atoms with Gasteiger partial charge in [0.2, 0.25) is 0 Å². The molecule has 0 bridgehead atoms. The summed E-state index contributed by atoms with van der Waals surface area (Å²) in [6.07, 6.45) is 6.49. The van der Waals surface area contributed by atoms with E-state index in [2.05, 4.69) is 30.8 Å². The van der Waals surface area contributed by atoms with Crippen LogP contribution in [0.5, 0.6) is 0 Å². The van der Waals surface area contributed by atoms with Gasteiger partial charge in [-0.1, -0.05) is 6.07 Å². The van der Waals surface area contributed by atoms with Crippen LogP contribution in [0.2, 0.25) is 0 Å². The van der Waals surface area contributed by atoms with Crippen molar-refractivity contribution in [1.29, 1.82) is 0 Å². The van der Waals surface area contributed by atoms with Crippen molar-refractivity contribution in [2.75, 3.05) is 24.5 Å². The predicted octanol–water partition coefficient (Wildman–Crippen LogP) is 2.38.